The van der Waals surface area contributed by atoms with Crippen LogP contribution in [0, 0.1) is 11.6 Å². The van der Waals surface area contributed by atoms with Crippen LogP contribution in [-0.2, 0) is 4.79 Å². The van der Waals surface area contributed by atoms with Crippen molar-refractivity contribution in [1.29, 1.82) is 0 Å². The lowest BCUT2D eigenvalue weighted by Crippen LogP contribution is -2.38. The predicted molar refractivity (Wildman–Crippen MR) is 60.0 cm³/mol. The van der Waals surface area contributed by atoms with Gasteiger partial charge in [-0.3, -0.25) is 9.69 Å². The third kappa shape index (κ3) is 2.55. The lowest BCUT2D eigenvalue weighted by molar-refractivity contribution is -0.125. The molecule has 1 saturated heterocycles. The molecule has 1 aromatic carbocycles. The third-order valence-electron chi connectivity index (χ3n) is 2.52. The number of halogens is 2. The van der Waals surface area contributed by atoms with Gasteiger partial charge in [-0.15, -0.1) is 0 Å². The zero-order chi connectivity index (χ0) is 13.1. The maximum Gasteiger partial charge on any atom is 0.324 e. The average Bonchev–Trinajstić information content (AvgIpc) is 2.74. The molecule has 2 rings (SSSR count). The lowest BCUT2D eigenvalue weighted by atomic mass is 10.3. The minimum absolute atomic E-state index is 0.0179. The normalized spacial score (nSPS) is 14.6. The molecule has 5 nitrogen and oxygen atoms in total. The summed E-state index contributed by atoms with van der Waals surface area (Å²) in [6.45, 7) is 0.483. The summed E-state index contributed by atoms with van der Waals surface area (Å²) in [6, 6.07) is 2.54. The second kappa shape index (κ2) is 4.99. The van der Waals surface area contributed by atoms with Gasteiger partial charge in [0.15, 0.2) is 0 Å². The van der Waals surface area contributed by atoms with Gasteiger partial charge in [0.1, 0.15) is 11.6 Å². The standard InChI is InChI=1S/C11H11F2N3O2/c12-7-1-2-9(8(13)5-7)15-6-10(17)16-4-3-14-11(16)18/h1-2,5,15H,3-4,6H2,(H,14,18). The smallest absolute Gasteiger partial charge is 0.324 e. The predicted octanol–water partition coefficient (Wildman–Crippen LogP) is 0.929. The van der Waals surface area contributed by atoms with Crippen LogP contribution >= 0.6 is 0 Å². The van der Waals surface area contributed by atoms with E-state index in [1.54, 1.807) is 0 Å². The Bertz CT molecular complexity index is 493. The van der Waals surface area contributed by atoms with E-state index in [0.717, 1.165) is 17.0 Å². The zero-order valence-corrected chi connectivity index (χ0v) is 9.37. The number of imide groups is 1. The molecule has 0 saturated carbocycles. The summed E-state index contributed by atoms with van der Waals surface area (Å²) in [6.07, 6.45) is 0. The van der Waals surface area contributed by atoms with E-state index in [2.05, 4.69) is 10.6 Å². The van der Waals surface area contributed by atoms with Gasteiger partial charge >= 0.3 is 6.03 Å². The highest BCUT2D eigenvalue weighted by Gasteiger charge is 2.25. The van der Waals surface area contributed by atoms with Crippen molar-refractivity contribution in [3.05, 3.63) is 29.8 Å². The largest absolute Gasteiger partial charge is 0.374 e. The van der Waals surface area contributed by atoms with E-state index in [-0.39, 0.29) is 12.2 Å². The number of carbonyl (C=O) groups excluding carboxylic acids is 2. The molecular weight excluding hydrogens is 244 g/mol. The first-order valence-corrected chi connectivity index (χ1v) is 5.35. The van der Waals surface area contributed by atoms with Crippen LogP contribution in [0.1, 0.15) is 0 Å². The van der Waals surface area contributed by atoms with Crippen molar-refractivity contribution < 1.29 is 18.4 Å². The average molecular weight is 255 g/mol. The summed E-state index contributed by atoms with van der Waals surface area (Å²) in [7, 11) is 0. The second-order valence-electron chi connectivity index (χ2n) is 3.76. The molecule has 7 heteroatoms. The molecule has 0 unspecified atom stereocenters. The summed E-state index contributed by atoms with van der Waals surface area (Å²) >= 11 is 0. The Morgan fingerprint density at radius 1 is 1.44 bits per heavy atom. The fraction of sp³-hybridized carbons (Fsp3) is 0.273. The number of hydrogen-bond acceptors (Lipinski definition) is 3. The molecule has 0 aromatic heterocycles. The van der Waals surface area contributed by atoms with Crippen molar-refractivity contribution in [1.82, 2.24) is 10.2 Å². The highest BCUT2D eigenvalue weighted by molar-refractivity contribution is 5.97. The second-order valence-corrected chi connectivity index (χ2v) is 3.76. The number of carbonyl (C=O) groups is 2. The molecule has 96 valence electrons. The Morgan fingerprint density at radius 2 is 2.22 bits per heavy atom. The minimum Gasteiger partial charge on any atom is -0.374 e. The van der Waals surface area contributed by atoms with Crippen LogP contribution in [0.4, 0.5) is 19.3 Å². The summed E-state index contributed by atoms with van der Waals surface area (Å²) in [5.41, 5.74) is 0.0179. The van der Waals surface area contributed by atoms with Gasteiger partial charge in [-0.2, -0.15) is 0 Å². The molecule has 1 heterocycles. The van der Waals surface area contributed by atoms with Crippen molar-refractivity contribution in [2.45, 2.75) is 0 Å². The van der Waals surface area contributed by atoms with Crippen LogP contribution in [0.5, 0.6) is 0 Å². The maximum atomic E-state index is 13.2. The SMILES string of the molecule is O=C(CNc1ccc(F)cc1F)N1CCNC1=O. The maximum absolute atomic E-state index is 13.2. The Morgan fingerprint density at radius 3 is 2.83 bits per heavy atom. The van der Waals surface area contributed by atoms with E-state index in [1.165, 1.54) is 6.07 Å². The molecular formula is C11H11F2N3O2. The molecule has 1 aromatic rings. The number of rotatable bonds is 3. The molecule has 0 bridgehead atoms. The molecule has 1 fully saturated rings. The number of anilines is 1. The third-order valence-corrected chi connectivity index (χ3v) is 2.52. The van der Waals surface area contributed by atoms with Gasteiger partial charge in [0.25, 0.3) is 0 Å². The fourth-order valence-electron chi connectivity index (χ4n) is 1.61. The van der Waals surface area contributed by atoms with Crippen molar-refractivity contribution in [2.24, 2.45) is 0 Å². The van der Waals surface area contributed by atoms with Crippen LogP contribution in [-0.4, -0.2) is 36.5 Å². The van der Waals surface area contributed by atoms with E-state index in [1.807, 2.05) is 0 Å². The topological polar surface area (TPSA) is 61.4 Å². The number of hydrogen-bond donors (Lipinski definition) is 2. The van der Waals surface area contributed by atoms with Gasteiger partial charge in [0.05, 0.1) is 12.2 Å². The molecule has 0 spiro atoms. The first kappa shape index (κ1) is 12.3. The molecule has 1 aliphatic heterocycles. The molecule has 2 N–H and O–H groups in total. The van der Waals surface area contributed by atoms with Crippen LogP contribution in [0.15, 0.2) is 18.2 Å². The molecule has 18 heavy (non-hydrogen) atoms. The van der Waals surface area contributed by atoms with Crippen molar-refractivity contribution in [3.63, 3.8) is 0 Å². The highest BCUT2D eigenvalue weighted by atomic mass is 19.1. The van der Waals surface area contributed by atoms with E-state index >= 15 is 0 Å². The molecule has 0 atom stereocenters. The fourth-order valence-corrected chi connectivity index (χ4v) is 1.61. The molecule has 1 aliphatic rings. The quantitative estimate of drug-likeness (QED) is 0.844. The van der Waals surface area contributed by atoms with E-state index in [9.17, 15) is 18.4 Å². The van der Waals surface area contributed by atoms with E-state index < -0.39 is 23.6 Å². The Labute approximate surface area is 102 Å². The summed E-state index contributed by atoms with van der Waals surface area (Å²) in [5.74, 6) is -1.94. The van der Waals surface area contributed by atoms with E-state index in [4.69, 9.17) is 0 Å². The summed E-state index contributed by atoms with van der Waals surface area (Å²) in [5, 5.41) is 5.01. The number of amides is 3. The van der Waals surface area contributed by atoms with E-state index in [0.29, 0.717) is 13.1 Å². The molecule has 0 aliphatic carbocycles. The number of urea groups is 1. The Balaban J connectivity index is 1.95. The minimum atomic E-state index is -0.784. The van der Waals surface area contributed by atoms with Gasteiger partial charge in [-0.25, -0.2) is 13.6 Å². The van der Waals surface area contributed by atoms with Crippen LogP contribution in [0.25, 0.3) is 0 Å². The van der Waals surface area contributed by atoms with Crippen LogP contribution in [0.3, 0.4) is 0 Å². The Hall–Kier alpha value is -2.18. The summed E-state index contributed by atoms with van der Waals surface area (Å²) in [4.78, 5) is 23.8. The monoisotopic (exact) mass is 255 g/mol. The van der Waals surface area contributed by atoms with Crippen molar-refractivity contribution >= 4 is 17.6 Å². The van der Waals surface area contributed by atoms with Crippen LogP contribution in [0.2, 0.25) is 0 Å². The first-order valence-electron chi connectivity index (χ1n) is 5.35. The molecule has 3 amide bonds. The van der Waals surface area contributed by atoms with Crippen molar-refractivity contribution in [3.8, 4) is 0 Å². The van der Waals surface area contributed by atoms with Crippen molar-refractivity contribution in [2.75, 3.05) is 25.0 Å². The van der Waals surface area contributed by atoms with Gasteiger partial charge in [0.2, 0.25) is 5.91 Å². The van der Waals surface area contributed by atoms with Crippen LogP contribution < -0.4 is 10.6 Å². The number of benzene rings is 1. The van der Waals surface area contributed by atoms with Gasteiger partial charge < -0.3 is 10.6 Å². The number of nitrogens with zero attached hydrogens (tertiary/aromatic N) is 1. The first-order chi connectivity index (χ1) is 8.58. The lowest BCUT2D eigenvalue weighted by Gasteiger charge is -2.13. The number of nitrogens with one attached hydrogen (secondary N) is 2. The van der Waals surface area contributed by atoms with Gasteiger partial charge in [-0.05, 0) is 12.1 Å². The Kier molecular flexibility index (Phi) is 3.40. The van der Waals surface area contributed by atoms with Gasteiger partial charge in [0, 0.05) is 19.2 Å². The van der Waals surface area contributed by atoms with Gasteiger partial charge in [-0.1, -0.05) is 0 Å². The summed E-state index contributed by atoms with van der Waals surface area (Å²) < 4.78 is 25.9. The zero-order valence-electron chi connectivity index (χ0n) is 9.37. The molecule has 0 radical (unpaired) electrons. The highest BCUT2D eigenvalue weighted by Crippen LogP contribution is 2.14.